The quantitative estimate of drug-likeness (QED) is 0.181. The Bertz CT molecular complexity index is 690. The minimum Gasteiger partial charge on any atom is -0.273 e. The van der Waals surface area contributed by atoms with E-state index in [1.807, 2.05) is 65.7 Å². The third-order valence-corrected chi connectivity index (χ3v) is 6.20. The summed E-state index contributed by atoms with van der Waals surface area (Å²) >= 11 is 0. The highest BCUT2D eigenvalue weighted by Crippen LogP contribution is 2.22. The Hall–Kier alpha value is -2.29. The zero-order chi connectivity index (χ0) is 23.6. The molecule has 0 aliphatic heterocycles. The van der Waals surface area contributed by atoms with E-state index in [1.54, 1.807) is 0 Å². The number of hydrogen-bond acceptors (Lipinski definition) is 2. The molecule has 2 rings (SSSR count). The van der Waals surface area contributed by atoms with Crippen molar-refractivity contribution in [3.8, 4) is 0 Å². The fourth-order valence-electron chi connectivity index (χ4n) is 4.22. The van der Waals surface area contributed by atoms with Crippen LogP contribution >= 0.6 is 0 Å². The van der Waals surface area contributed by atoms with E-state index in [2.05, 4.69) is 19.3 Å². The number of benzene rings is 2. The number of para-hydroxylation sites is 2. The molecule has 0 spiro atoms. The monoisotopic (exact) mass is 450 g/mol. The Morgan fingerprint density at radius 1 is 0.636 bits per heavy atom. The Labute approximate surface area is 202 Å². The molecule has 3 heteroatoms. The molecule has 2 aromatic carbocycles. The second kappa shape index (κ2) is 17.2. The number of unbranched alkanes of at least 4 members (excludes halogenated alkanes) is 11. The summed E-state index contributed by atoms with van der Waals surface area (Å²) < 4.78 is 0. The molecule has 0 atom stereocenters. The molecule has 2 aromatic rings. The van der Waals surface area contributed by atoms with Crippen LogP contribution in [0.25, 0.3) is 0 Å². The van der Waals surface area contributed by atoms with Gasteiger partial charge in [-0.25, -0.2) is 0 Å². The van der Waals surface area contributed by atoms with Crippen molar-refractivity contribution in [1.82, 2.24) is 5.43 Å². The summed E-state index contributed by atoms with van der Waals surface area (Å²) in [6.07, 6.45) is 17.8. The van der Waals surface area contributed by atoms with Gasteiger partial charge in [-0.1, -0.05) is 127 Å². The van der Waals surface area contributed by atoms with E-state index in [-0.39, 0.29) is 5.91 Å². The summed E-state index contributed by atoms with van der Waals surface area (Å²) in [5.74, 6) is 0.939. The highest BCUT2D eigenvalue weighted by Gasteiger charge is 2.12. The highest BCUT2D eigenvalue weighted by atomic mass is 16.2. The number of carbonyl (C=O) groups is 1. The summed E-state index contributed by atoms with van der Waals surface area (Å²) in [7, 11) is 0. The van der Waals surface area contributed by atoms with Crippen molar-refractivity contribution in [3.63, 3.8) is 0 Å². The molecule has 0 radical (unpaired) electrons. The van der Waals surface area contributed by atoms with Crippen LogP contribution in [0.5, 0.6) is 0 Å². The number of rotatable bonds is 18. The molecule has 3 nitrogen and oxygen atoms in total. The first-order chi connectivity index (χ1) is 16.2. The minimum atomic E-state index is 0.0797. The molecule has 0 heterocycles. The Kier molecular flexibility index (Phi) is 14.1. The van der Waals surface area contributed by atoms with Gasteiger partial charge in [0.05, 0.1) is 11.4 Å². The third kappa shape index (κ3) is 12.5. The van der Waals surface area contributed by atoms with Gasteiger partial charge in [0.2, 0.25) is 5.91 Å². The Balaban J connectivity index is 1.51. The summed E-state index contributed by atoms with van der Waals surface area (Å²) in [4.78, 5) is 12.6. The third-order valence-electron chi connectivity index (χ3n) is 6.20. The second-order valence-electron chi connectivity index (χ2n) is 9.72. The predicted molar refractivity (Wildman–Crippen MR) is 143 cm³/mol. The molecular formula is C30H46N2O. The summed E-state index contributed by atoms with van der Waals surface area (Å²) in [6, 6.07) is 20.0. The minimum absolute atomic E-state index is 0.0797. The molecule has 1 N–H and O–H groups in total. The molecule has 0 saturated heterocycles. The molecule has 33 heavy (non-hydrogen) atoms. The van der Waals surface area contributed by atoms with Crippen LogP contribution in [0.4, 0.5) is 11.4 Å². The van der Waals surface area contributed by atoms with Gasteiger partial charge in [0.25, 0.3) is 0 Å². The summed E-state index contributed by atoms with van der Waals surface area (Å²) in [5.41, 5.74) is 5.02. The Morgan fingerprint density at radius 3 is 1.45 bits per heavy atom. The van der Waals surface area contributed by atoms with E-state index >= 15 is 0 Å². The average molecular weight is 451 g/mol. The zero-order valence-electron chi connectivity index (χ0n) is 21.1. The molecular weight excluding hydrogens is 404 g/mol. The van der Waals surface area contributed by atoms with Crippen molar-refractivity contribution in [3.05, 3.63) is 60.7 Å². The van der Waals surface area contributed by atoms with Crippen molar-refractivity contribution in [1.29, 1.82) is 0 Å². The van der Waals surface area contributed by atoms with Crippen LogP contribution in [0.15, 0.2) is 60.7 Å². The fourth-order valence-corrected chi connectivity index (χ4v) is 4.22. The van der Waals surface area contributed by atoms with Crippen LogP contribution in [0.1, 0.15) is 104 Å². The van der Waals surface area contributed by atoms with Gasteiger partial charge in [0.15, 0.2) is 0 Å². The number of hydrazine groups is 1. The topological polar surface area (TPSA) is 32.3 Å². The summed E-state index contributed by atoms with van der Waals surface area (Å²) in [6.45, 7) is 4.64. The standard InChI is InChI=1S/C30H46N2O/c1-27(2)21-15-11-9-7-5-3-4-6-8-10-12-20-26-30(33)31-32(28-22-16-13-17-23-28)29-24-18-14-19-25-29/h13-14,16-19,22-25,27H,3-12,15,20-21,26H2,1-2H3,(H,31,33). The molecule has 1 amide bonds. The molecule has 0 saturated carbocycles. The van der Waals surface area contributed by atoms with Crippen molar-refractivity contribution in [2.75, 3.05) is 5.01 Å². The van der Waals surface area contributed by atoms with Crippen LogP contribution in [-0.2, 0) is 4.79 Å². The first-order valence-electron chi connectivity index (χ1n) is 13.4. The van der Waals surface area contributed by atoms with Crippen LogP contribution < -0.4 is 10.4 Å². The van der Waals surface area contributed by atoms with E-state index < -0.39 is 0 Å². The number of nitrogens with zero attached hydrogens (tertiary/aromatic N) is 1. The SMILES string of the molecule is CC(C)CCCCCCCCCCCCCCC(=O)NN(c1ccccc1)c1ccccc1. The molecule has 182 valence electrons. The average Bonchev–Trinajstić information content (AvgIpc) is 2.83. The van der Waals surface area contributed by atoms with Crippen LogP contribution in [0, 0.1) is 5.92 Å². The largest absolute Gasteiger partial charge is 0.273 e. The van der Waals surface area contributed by atoms with E-state index in [9.17, 15) is 4.79 Å². The number of nitrogens with one attached hydrogen (secondary N) is 1. The number of carbonyl (C=O) groups excluding carboxylic acids is 1. The lowest BCUT2D eigenvalue weighted by molar-refractivity contribution is -0.121. The Morgan fingerprint density at radius 2 is 1.03 bits per heavy atom. The smallest absolute Gasteiger partial charge is 0.238 e. The van der Waals surface area contributed by atoms with Crippen molar-refractivity contribution < 1.29 is 4.79 Å². The van der Waals surface area contributed by atoms with Gasteiger partial charge in [-0.2, -0.15) is 0 Å². The van der Waals surface area contributed by atoms with Gasteiger partial charge in [-0.05, 0) is 36.6 Å². The van der Waals surface area contributed by atoms with E-state index in [4.69, 9.17) is 0 Å². The lowest BCUT2D eigenvalue weighted by Gasteiger charge is -2.25. The first kappa shape index (κ1) is 27.0. The van der Waals surface area contributed by atoms with Gasteiger partial charge in [-0.15, -0.1) is 0 Å². The molecule has 0 aliphatic rings. The van der Waals surface area contributed by atoms with Gasteiger partial charge >= 0.3 is 0 Å². The maximum atomic E-state index is 12.6. The normalized spacial score (nSPS) is 11.0. The number of amides is 1. The predicted octanol–water partition coefficient (Wildman–Crippen LogP) is 8.97. The van der Waals surface area contributed by atoms with Crippen molar-refractivity contribution in [2.45, 2.75) is 104 Å². The number of anilines is 2. The van der Waals surface area contributed by atoms with Crippen LogP contribution in [-0.4, -0.2) is 5.91 Å². The van der Waals surface area contributed by atoms with Crippen LogP contribution in [0.3, 0.4) is 0 Å². The van der Waals surface area contributed by atoms with Gasteiger partial charge in [-0.3, -0.25) is 15.2 Å². The molecule has 0 bridgehead atoms. The van der Waals surface area contributed by atoms with Gasteiger partial charge < -0.3 is 0 Å². The van der Waals surface area contributed by atoms with Gasteiger partial charge in [0, 0.05) is 6.42 Å². The maximum Gasteiger partial charge on any atom is 0.238 e. The fraction of sp³-hybridized carbons (Fsp3) is 0.567. The van der Waals surface area contributed by atoms with E-state index in [0.29, 0.717) is 6.42 Å². The lowest BCUT2D eigenvalue weighted by atomic mass is 10.0. The van der Waals surface area contributed by atoms with Crippen molar-refractivity contribution in [2.24, 2.45) is 5.92 Å². The van der Waals surface area contributed by atoms with Crippen LogP contribution in [0.2, 0.25) is 0 Å². The van der Waals surface area contributed by atoms with E-state index in [1.165, 1.54) is 70.6 Å². The molecule has 0 unspecified atom stereocenters. The molecule has 0 aromatic heterocycles. The van der Waals surface area contributed by atoms with Crippen molar-refractivity contribution >= 4 is 17.3 Å². The zero-order valence-corrected chi connectivity index (χ0v) is 21.1. The first-order valence-corrected chi connectivity index (χ1v) is 13.4. The highest BCUT2D eigenvalue weighted by molar-refractivity contribution is 5.80. The maximum absolute atomic E-state index is 12.6. The van der Waals surface area contributed by atoms with Gasteiger partial charge in [0.1, 0.15) is 0 Å². The molecule has 0 aliphatic carbocycles. The summed E-state index contributed by atoms with van der Waals surface area (Å²) in [5, 5.41) is 1.88. The van der Waals surface area contributed by atoms with E-state index in [0.717, 1.165) is 30.1 Å². The number of hydrogen-bond donors (Lipinski definition) is 1. The second-order valence-corrected chi connectivity index (χ2v) is 9.72. The lowest BCUT2D eigenvalue weighted by Crippen LogP contribution is -2.38. The molecule has 0 fully saturated rings.